The maximum absolute atomic E-state index is 14.6. The summed E-state index contributed by atoms with van der Waals surface area (Å²) >= 11 is 0. The zero-order chi connectivity index (χ0) is 28.2. The number of guanidine groups is 1. The van der Waals surface area contributed by atoms with E-state index in [0.717, 1.165) is 24.3 Å². The van der Waals surface area contributed by atoms with Crippen molar-refractivity contribution < 1.29 is 46.8 Å². The summed E-state index contributed by atoms with van der Waals surface area (Å²) < 4.78 is 66.8. The van der Waals surface area contributed by atoms with Gasteiger partial charge in [-0.3, -0.25) is 4.79 Å². The Balaban J connectivity index is 1.68. The van der Waals surface area contributed by atoms with Gasteiger partial charge in [-0.25, -0.2) is 21.9 Å². The van der Waals surface area contributed by atoms with Gasteiger partial charge in [-0.1, -0.05) is 0 Å². The molecule has 1 amide bonds. The van der Waals surface area contributed by atoms with Crippen molar-refractivity contribution in [2.45, 2.75) is 42.8 Å². The molecular formula is C23H26F2N4O8S. The van der Waals surface area contributed by atoms with E-state index < -0.39 is 63.9 Å². The lowest BCUT2D eigenvalue weighted by Gasteiger charge is -2.34. The maximum atomic E-state index is 14.6. The first kappa shape index (κ1) is 29.1. The number of nitrogens with one attached hydrogen (secondary N) is 1. The van der Waals surface area contributed by atoms with Crippen LogP contribution in [0.5, 0.6) is 11.5 Å². The summed E-state index contributed by atoms with van der Waals surface area (Å²) in [4.78, 5) is 14.9. The molecule has 0 aromatic heterocycles. The van der Waals surface area contributed by atoms with Gasteiger partial charge >= 0.3 is 0 Å². The minimum Gasteiger partial charge on any atom is -0.451 e. The highest BCUT2D eigenvalue weighted by molar-refractivity contribution is 7.89. The number of aliphatic imine (C=N–C) groups is 1. The van der Waals surface area contributed by atoms with E-state index in [1.807, 2.05) is 0 Å². The van der Waals surface area contributed by atoms with Gasteiger partial charge in [0.1, 0.15) is 11.9 Å². The van der Waals surface area contributed by atoms with Crippen LogP contribution in [0.25, 0.3) is 6.08 Å². The fourth-order valence-corrected chi connectivity index (χ4v) is 4.50. The number of benzene rings is 2. The summed E-state index contributed by atoms with van der Waals surface area (Å²) in [6.45, 7) is 1.06. The Bertz CT molecular complexity index is 1310. The van der Waals surface area contributed by atoms with Crippen molar-refractivity contribution in [1.82, 2.24) is 4.72 Å². The van der Waals surface area contributed by atoms with E-state index in [0.29, 0.717) is 0 Å². The molecule has 0 radical (unpaired) electrons. The fourth-order valence-electron chi connectivity index (χ4n) is 3.43. The molecule has 15 heteroatoms. The van der Waals surface area contributed by atoms with Crippen LogP contribution < -0.4 is 20.9 Å². The first-order chi connectivity index (χ1) is 17.8. The highest BCUT2D eigenvalue weighted by Gasteiger charge is 2.36. The van der Waals surface area contributed by atoms with Crippen LogP contribution in [0.2, 0.25) is 0 Å². The van der Waals surface area contributed by atoms with Gasteiger partial charge in [0, 0.05) is 18.5 Å². The van der Waals surface area contributed by atoms with E-state index in [1.54, 1.807) is 0 Å². The average molecular weight is 557 g/mol. The van der Waals surface area contributed by atoms with Crippen molar-refractivity contribution in [2.75, 3.05) is 6.54 Å². The van der Waals surface area contributed by atoms with Crippen molar-refractivity contribution in [2.24, 2.45) is 16.5 Å². The minimum absolute atomic E-state index is 0.00741. The van der Waals surface area contributed by atoms with E-state index in [-0.39, 0.29) is 34.7 Å². The van der Waals surface area contributed by atoms with Gasteiger partial charge in [-0.15, -0.1) is 0 Å². The predicted octanol–water partition coefficient (Wildman–Crippen LogP) is 0.0678. The maximum Gasteiger partial charge on any atom is 0.275 e. The molecule has 1 aliphatic rings. The lowest BCUT2D eigenvalue weighted by molar-refractivity contribution is -0.244. The number of amides is 1. The van der Waals surface area contributed by atoms with Gasteiger partial charge in [-0.05, 0) is 55.0 Å². The quantitative estimate of drug-likeness (QED) is 0.146. The largest absolute Gasteiger partial charge is 0.451 e. The Morgan fingerprint density at radius 2 is 1.79 bits per heavy atom. The zero-order valence-corrected chi connectivity index (χ0v) is 20.7. The van der Waals surface area contributed by atoms with Gasteiger partial charge in [0.15, 0.2) is 29.6 Å². The van der Waals surface area contributed by atoms with E-state index in [1.165, 1.54) is 25.1 Å². The molecule has 1 heterocycles. The van der Waals surface area contributed by atoms with Crippen molar-refractivity contribution in [1.29, 1.82) is 0 Å². The van der Waals surface area contributed by atoms with Crippen LogP contribution in [-0.4, -0.2) is 66.8 Å². The average Bonchev–Trinajstić information content (AvgIpc) is 2.83. The topological polar surface area (TPSA) is 207 Å². The number of carbonyl (C=O) groups is 1. The third kappa shape index (κ3) is 7.31. The van der Waals surface area contributed by atoms with Crippen LogP contribution in [0.1, 0.15) is 18.9 Å². The van der Waals surface area contributed by atoms with Crippen molar-refractivity contribution in [3.05, 3.63) is 59.2 Å². The van der Waals surface area contributed by atoms with Gasteiger partial charge < -0.3 is 36.3 Å². The first-order valence-electron chi connectivity index (χ1n) is 11.1. The number of aliphatic hydroxyl groups excluding tert-OH is 3. The normalized spacial score (nSPS) is 22.1. The Hall–Kier alpha value is -3.47. The summed E-state index contributed by atoms with van der Waals surface area (Å²) in [5.41, 5.74) is 10.3. The second kappa shape index (κ2) is 11.9. The van der Waals surface area contributed by atoms with E-state index in [9.17, 15) is 37.3 Å². The molecule has 1 unspecified atom stereocenters. The van der Waals surface area contributed by atoms with Crippen molar-refractivity contribution >= 4 is 28.0 Å². The van der Waals surface area contributed by atoms with Gasteiger partial charge in [0.2, 0.25) is 10.0 Å². The monoisotopic (exact) mass is 556 g/mol. The molecule has 0 saturated carbocycles. The summed E-state index contributed by atoms with van der Waals surface area (Å²) in [5, 5.41) is 28.7. The number of sulfonamides is 1. The summed E-state index contributed by atoms with van der Waals surface area (Å²) in [7, 11) is -4.06. The van der Waals surface area contributed by atoms with Crippen LogP contribution in [0, 0.1) is 11.6 Å². The van der Waals surface area contributed by atoms with Gasteiger partial charge in [-0.2, -0.15) is 4.99 Å². The van der Waals surface area contributed by atoms with Crippen LogP contribution in [0.4, 0.5) is 8.78 Å². The second-order valence-electron chi connectivity index (χ2n) is 8.35. The van der Waals surface area contributed by atoms with E-state index in [4.69, 9.17) is 20.9 Å². The molecule has 0 bridgehead atoms. The lowest BCUT2D eigenvalue weighted by Crippen LogP contribution is -2.51. The number of hydrogen-bond acceptors (Lipinski definition) is 8. The molecule has 1 fully saturated rings. The highest BCUT2D eigenvalue weighted by Crippen LogP contribution is 2.30. The van der Waals surface area contributed by atoms with Crippen molar-refractivity contribution in [3.8, 4) is 11.5 Å². The fraction of sp³-hybridized carbons (Fsp3) is 0.304. The van der Waals surface area contributed by atoms with Crippen molar-refractivity contribution in [3.63, 3.8) is 0 Å². The number of halogens is 2. The Morgan fingerprint density at radius 1 is 1.18 bits per heavy atom. The molecule has 0 aliphatic carbocycles. The molecule has 2 aromatic rings. The molecule has 12 nitrogen and oxygen atoms in total. The Kier molecular flexibility index (Phi) is 9.14. The number of rotatable bonds is 8. The van der Waals surface area contributed by atoms with Crippen LogP contribution in [-0.2, 0) is 19.6 Å². The molecule has 1 aliphatic heterocycles. The third-order valence-electron chi connectivity index (χ3n) is 5.35. The number of aliphatic hydroxyl groups is 3. The summed E-state index contributed by atoms with van der Waals surface area (Å²) in [5.74, 6) is -4.23. The van der Waals surface area contributed by atoms with Gasteiger partial charge in [0.25, 0.3) is 5.91 Å². The smallest absolute Gasteiger partial charge is 0.275 e. The number of hydrogen-bond donors (Lipinski definition) is 6. The minimum atomic E-state index is -4.06. The van der Waals surface area contributed by atoms with E-state index >= 15 is 0 Å². The number of carbonyl (C=O) groups excluding carboxylic acids is 1. The predicted molar refractivity (Wildman–Crippen MR) is 130 cm³/mol. The van der Waals surface area contributed by atoms with Crippen LogP contribution in [0.15, 0.2) is 51.9 Å². The number of ether oxygens (including phenoxy) is 2. The Morgan fingerprint density at radius 3 is 2.34 bits per heavy atom. The SMILES string of the molecule is C/C(=C\c1cc(F)c(Oc2ccc(S(=O)(=O)NC[C@@H]3C[C@H](O)[C@@H](O)C(O)O3)cc2)c(F)c1)C(=O)N=C(N)N. The highest BCUT2D eigenvalue weighted by atomic mass is 32.2. The third-order valence-corrected chi connectivity index (χ3v) is 6.79. The van der Waals surface area contributed by atoms with Crippen LogP contribution in [0.3, 0.4) is 0 Å². The molecule has 8 N–H and O–H groups in total. The lowest BCUT2D eigenvalue weighted by atomic mass is 10.0. The standard InChI is InChI=1S/C23H26F2N4O8S/c1-11(21(32)29-23(26)27)6-12-7-16(24)20(17(25)8-12)36-13-2-4-15(5-3-13)38(34,35)28-10-14-9-18(30)19(31)22(33)37-14/h2-8,14,18-19,22,28,30-31,33H,9-10H2,1H3,(H4,26,27,29,32)/b11-6+/t14-,18-,19+,22?/m0/s1. The van der Waals surface area contributed by atoms with E-state index in [2.05, 4.69) is 9.71 Å². The molecule has 3 rings (SSSR count). The number of nitrogens with zero attached hydrogens (tertiary/aromatic N) is 1. The summed E-state index contributed by atoms with van der Waals surface area (Å²) in [6.07, 6.45) is -4.26. The van der Waals surface area contributed by atoms with Crippen LogP contribution >= 0.6 is 0 Å². The zero-order valence-electron chi connectivity index (χ0n) is 19.9. The Labute approximate surface area is 216 Å². The first-order valence-corrected chi connectivity index (χ1v) is 12.5. The van der Waals surface area contributed by atoms with Gasteiger partial charge in [0.05, 0.1) is 17.1 Å². The molecule has 38 heavy (non-hydrogen) atoms. The molecule has 1 saturated heterocycles. The summed E-state index contributed by atoms with van der Waals surface area (Å²) in [6, 6.07) is 6.48. The number of nitrogens with two attached hydrogens (primary N) is 2. The molecule has 4 atom stereocenters. The molecular weight excluding hydrogens is 530 g/mol. The second-order valence-corrected chi connectivity index (χ2v) is 10.1. The molecule has 206 valence electrons. The molecule has 2 aromatic carbocycles. The molecule has 0 spiro atoms.